The van der Waals surface area contributed by atoms with Crippen molar-refractivity contribution >= 4 is 18.0 Å². The monoisotopic (exact) mass is 311 g/mol. The first-order valence-electron chi connectivity index (χ1n) is 6.96. The molecule has 0 aliphatic rings. The van der Waals surface area contributed by atoms with Crippen LogP contribution in [0.5, 0.6) is 11.5 Å². The number of benzene rings is 2. The van der Waals surface area contributed by atoms with Gasteiger partial charge in [-0.3, -0.25) is 4.79 Å². The van der Waals surface area contributed by atoms with Gasteiger partial charge in [-0.25, -0.2) is 4.79 Å². The van der Waals surface area contributed by atoms with Gasteiger partial charge < -0.3 is 14.7 Å². The molecule has 1 N–H and O–H groups in total. The molecule has 0 fully saturated rings. The van der Waals surface area contributed by atoms with Crippen molar-refractivity contribution in [3.8, 4) is 11.5 Å². The lowest BCUT2D eigenvalue weighted by Crippen LogP contribution is -2.25. The van der Waals surface area contributed by atoms with Crippen molar-refractivity contribution in [3.63, 3.8) is 0 Å². The van der Waals surface area contributed by atoms with Crippen molar-refractivity contribution in [1.82, 2.24) is 4.90 Å². The minimum atomic E-state index is -0.452. The number of allylic oxidation sites excluding steroid dienone is 1. The van der Waals surface area contributed by atoms with Gasteiger partial charge in [-0.05, 0) is 35.9 Å². The fourth-order valence-corrected chi connectivity index (χ4v) is 1.77. The third-order valence-corrected chi connectivity index (χ3v) is 3.01. The molecule has 5 nitrogen and oxygen atoms in total. The molecule has 0 radical (unpaired) electrons. The second kappa shape index (κ2) is 7.26. The molecule has 0 atom stereocenters. The molecular formula is C18H17NO4. The predicted molar refractivity (Wildman–Crippen MR) is 87.6 cm³/mol. The van der Waals surface area contributed by atoms with Gasteiger partial charge in [-0.15, -0.1) is 0 Å². The van der Waals surface area contributed by atoms with Crippen LogP contribution in [-0.2, 0) is 0 Å². The Morgan fingerprint density at radius 3 is 2.39 bits per heavy atom. The lowest BCUT2D eigenvalue weighted by Gasteiger charge is -2.10. The summed E-state index contributed by atoms with van der Waals surface area (Å²) in [5, 5.41) is 9.37. The molecule has 23 heavy (non-hydrogen) atoms. The van der Waals surface area contributed by atoms with Gasteiger partial charge in [0.25, 0.3) is 0 Å². The van der Waals surface area contributed by atoms with Crippen LogP contribution in [0.15, 0.2) is 54.6 Å². The Kier molecular flexibility index (Phi) is 5.15. The molecule has 2 rings (SSSR count). The summed E-state index contributed by atoms with van der Waals surface area (Å²) in [7, 11) is 3.21. The number of ketones is 1. The van der Waals surface area contributed by atoms with Gasteiger partial charge in [0.2, 0.25) is 0 Å². The van der Waals surface area contributed by atoms with Gasteiger partial charge in [-0.2, -0.15) is 0 Å². The van der Waals surface area contributed by atoms with Crippen molar-refractivity contribution in [3.05, 3.63) is 65.7 Å². The van der Waals surface area contributed by atoms with E-state index in [2.05, 4.69) is 0 Å². The van der Waals surface area contributed by atoms with Crippen LogP contribution in [-0.4, -0.2) is 36.0 Å². The minimum Gasteiger partial charge on any atom is -0.508 e. The number of amides is 1. The summed E-state index contributed by atoms with van der Waals surface area (Å²) < 4.78 is 5.11. The largest absolute Gasteiger partial charge is 0.508 e. The summed E-state index contributed by atoms with van der Waals surface area (Å²) >= 11 is 0. The van der Waals surface area contributed by atoms with E-state index in [4.69, 9.17) is 4.74 Å². The van der Waals surface area contributed by atoms with Crippen molar-refractivity contribution in [2.24, 2.45) is 0 Å². The first-order valence-corrected chi connectivity index (χ1v) is 6.96. The molecule has 0 aliphatic heterocycles. The standard InChI is InChI=1S/C18H17NO4/c1-19(2)18(22)23-16-9-6-13(7-10-16)8-11-17(21)14-4-3-5-15(20)12-14/h3-12,20H,1-2H3/b11-8+. The van der Waals surface area contributed by atoms with E-state index in [1.54, 1.807) is 56.6 Å². The Hall–Kier alpha value is -3.08. The Morgan fingerprint density at radius 1 is 1.09 bits per heavy atom. The molecule has 0 heterocycles. The lowest BCUT2D eigenvalue weighted by molar-refractivity contribution is 0.104. The molecular weight excluding hydrogens is 294 g/mol. The molecule has 1 amide bonds. The second-order valence-corrected chi connectivity index (χ2v) is 5.08. The van der Waals surface area contributed by atoms with Crippen molar-refractivity contribution in [2.75, 3.05) is 14.1 Å². The van der Waals surface area contributed by atoms with E-state index >= 15 is 0 Å². The Morgan fingerprint density at radius 2 is 1.78 bits per heavy atom. The van der Waals surface area contributed by atoms with Crippen LogP contribution in [0.25, 0.3) is 6.08 Å². The zero-order valence-corrected chi connectivity index (χ0v) is 12.9. The van der Waals surface area contributed by atoms with E-state index in [-0.39, 0.29) is 11.5 Å². The smallest absolute Gasteiger partial charge is 0.414 e. The van der Waals surface area contributed by atoms with E-state index in [9.17, 15) is 14.7 Å². The van der Waals surface area contributed by atoms with E-state index in [0.29, 0.717) is 11.3 Å². The van der Waals surface area contributed by atoms with Crippen LogP contribution < -0.4 is 4.74 Å². The highest BCUT2D eigenvalue weighted by molar-refractivity contribution is 6.07. The molecule has 2 aromatic carbocycles. The molecule has 118 valence electrons. The van der Waals surface area contributed by atoms with Crippen LogP contribution in [0, 0.1) is 0 Å². The number of ether oxygens (including phenoxy) is 1. The highest BCUT2D eigenvalue weighted by atomic mass is 16.6. The van der Waals surface area contributed by atoms with Crippen molar-refractivity contribution < 1.29 is 19.4 Å². The van der Waals surface area contributed by atoms with Gasteiger partial charge in [0.05, 0.1) is 0 Å². The summed E-state index contributed by atoms with van der Waals surface area (Å²) in [6.45, 7) is 0. The number of phenolic OH excluding ortho intramolecular Hbond substituents is 1. The fourth-order valence-electron chi connectivity index (χ4n) is 1.77. The average molecular weight is 311 g/mol. The van der Waals surface area contributed by atoms with Gasteiger partial charge >= 0.3 is 6.09 Å². The second-order valence-electron chi connectivity index (χ2n) is 5.08. The summed E-state index contributed by atoms with van der Waals surface area (Å²) in [5.41, 5.74) is 1.21. The molecule has 2 aromatic rings. The lowest BCUT2D eigenvalue weighted by atomic mass is 10.1. The first-order chi connectivity index (χ1) is 11.0. The zero-order valence-electron chi connectivity index (χ0n) is 12.9. The Labute approximate surface area is 134 Å². The summed E-state index contributed by atoms with van der Waals surface area (Å²) in [4.78, 5) is 24.7. The Balaban J connectivity index is 2.03. The third kappa shape index (κ3) is 4.71. The van der Waals surface area contributed by atoms with Crippen LogP contribution >= 0.6 is 0 Å². The third-order valence-electron chi connectivity index (χ3n) is 3.01. The van der Waals surface area contributed by atoms with Crippen LogP contribution in [0.3, 0.4) is 0 Å². The number of carbonyl (C=O) groups excluding carboxylic acids is 2. The number of nitrogens with zero attached hydrogens (tertiary/aromatic N) is 1. The maximum absolute atomic E-state index is 12.0. The molecule has 0 unspecified atom stereocenters. The van der Waals surface area contributed by atoms with E-state index in [0.717, 1.165) is 5.56 Å². The molecule has 0 aromatic heterocycles. The van der Waals surface area contributed by atoms with E-state index in [1.165, 1.54) is 23.1 Å². The van der Waals surface area contributed by atoms with Gasteiger partial charge in [0, 0.05) is 19.7 Å². The van der Waals surface area contributed by atoms with Gasteiger partial charge in [-0.1, -0.05) is 30.3 Å². The van der Waals surface area contributed by atoms with Crippen LogP contribution in [0.1, 0.15) is 15.9 Å². The van der Waals surface area contributed by atoms with Crippen LogP contribution in [0.4, 0.5) is 4.79 Å². The quantitative estimate of drug-likeness (QED) is 0.694. The maximum atomic E-state index is 12.0. The predicted octanol–water partition coefficient (Wildman–Crippen LogP) is 3.35. The first kappa shape index (κ1) is 16.3. The topological polar surface area (TPSA) is 66.8 Å². The number of hydrogen-bond donors (Lipinski definition) is 1. The number of rotatable bonds is 4. The highest BCUT2D eigenvalue weighted by Gasteiger charge is 2.06. The fraction of sp³-hybridized carbons (Fsp3) is 0.111. The summed E-state index contributed by atoms with van der Waals surface area (Å²) in [5.74, 6) is 0.278. The van der Waals surface area contributed by atoms with Gasteiger partial charge in [0.15, 0.2) is 5.78 Å². The van der Waals surface area contributed by atoms with E-state index < -0.39 is 6.09 Å². The molecule has 0 saturated carbocycles. The highest BCUT2D eigenvalue weighted by Crippen LogP contribution is 2.15. The number of aromatic hydroxyl groups is 1. The molecule has 0 spiro atoms. The zero-order chi connectivity index (χ0) is 16.8. The molecule has 5 heteroatoms. The number of phenols is 1. The maximum Gasteiger partial charge on any atom is 0.414 e. The minimum absolute atomic E-state index is 0.0521. The molecule has 0 aliphatic carbocycles. The molecule has 0 bridgehead atoms. The van der Waals surface area contributed by atoms with Crippen molar-refractivity contribution in [2.45, 2.75) is 0 Å². The Bertz CT molecular complexity index is 733. The molecule has 0 saturated heterocycles. The van der Waals surface area contributed by atoms with E-state index in [1.807, 2.05) is 0 Å². The average Bonchev–Trinajstić information content (AvgIpc) is 2.53. The summed E-state index contributed by atoms with van der Waals surface area (Å²) in [6, 6.07) is 13.0. The number of carbonyl (C=O) groups is 2. The SMILES string of the molecule is CN(C)C(=O)Oc1ccc(/C=C/C(=O)c2cccc(O)c2)cc1. The van der Waals surface area contributed by atoms with Gasteiger partial charge in [0.1, 0.15) is 11.5 Å². The number of hydrogen-bond acceptors (Lipinski definition) is 4. The van der Waals surface area contributed by atoms with Crippen molar-refractivity contribution in [1.29, 1.82) is 0 Å². The summed E-state index contributed by atoms with van der Waals surface area (Å²) in [6.07, 6.45) is 2.63. The van der Waals surface area contributed by atoms with Crippen LogP contribution in [0.2, 0.25) is 0 Å². The normalized spacial score (nSPS) is 10.5.